The molecule has 148 valence electrons. The van der Waals surface area contributed by atoms with Gasteiger partial charge in [-0.05, 0) is 36.4 Å². The average Bonchev–Trinajstić information content (AvgIpc) is 3.31. The van der Waals surface area contributed by atoms with Gasteiger partial charge in [0.05, 0.1) is 24.9 Å². The summed E-state index contributed by atoms with van der Waals surface area (Å²) in [6.45, 7) is 0. The van der Waals surface area contributed by atoms with Crippen molar-refractivity contribution in [1.82, 2.24) is 4.98 Å². The van der Waals surface area contributed by atoms with Crippen LogP contribution in [0.25, 0.3) is 21.3 Å². The Morgan fingerprint density at radius 1 is 1.14 bits per heavy atom. The van der Waals surface area contributed by atoms with Crippen molar-refractivity contribution in [2.75, 3.05) is 19.5 Å². The topological polar surface area (TPSA) is 60.5 Å². The monoisotopic (exact) mass is 448 g/mol. The molecule has 2 heterocycles. The summed E-state index contributed by atoms with van der Waals surface area (Å²) < 4.78 is 24.6. The van der Waals surface area contributed by atoms with E-state index in [4.69, 9.17) is 21.1 Å². The van der Waals surface area contributed by atoms with Crippen LogP contribution in [-0.4, -0.2) is 25.1 Å². The third kappa shape index (κ3) is 3.78. The first-order valence-corrected chi connectivity index (χ1v) is 10.4. The molecular formula is C20H14ClFN2O3S2. The molecule has 0 saturated carbocycles. The first-order valence-electron chi connectivity index (χ1n) is 8.37. The van der Waals surface area contributed by atoms with E-state index >= 15 is 0 Å². The number of hydrogen-bond donors (Lipinski definition) is 1. The zero-order chi connectivity index (χ0) is 20.5. The Hall–Kier alpha value is -2.68. The lowest BCUT2D eigenvalue weighted by Crippen LogP contribution is -2.10. The molecule has 0 aliphatic heterocycles. The number of ether oxygens (including phenoxy) is 2. The Balaban J connectivity index is 1.58. The molecule has 1 N–H and O–H groups in total. The smallest absolute Gasteiger partial charge is 0.269 e. The van der Waals surface area contributed by atoms with Gasteiger partial charge in [-0.3, -0.25) is 10.1 Å². The number of thiazole rings is 1. The van der Waals surface area contributed by atoms with Crippen molar-refractivity contribution in [2.45, 2.75) is 0 Å². The number of thiophene rings is 1. The highest BCUT2D eigenvalue weighted by Crippen LogP contribution is 2.37. The maximum Gasteiger partial charge on any atom is 0.269 e. The summed E-state index contributed by atoms with van der Waals surface area (Å²) in [6, 6.07) is 9.72. The Morgan fingerprint density at radius 2 is 1.93 bits per heavy atom. The van der Waals surface area contributed by atoms with Crippen molar-refractivity contribution in [3.8, 4) is 22.8 Å². The molecule has 0 aliphatic carbocycles. The van der Waals surface area contributed by atoms with Crippen LogP contribution in [0.4, 0.5) is 9.52 Å². The number of methoxy groups -OCH3 is 2. The van der Waals surface area contributed by atoms with E-state index in [-0.39, 0.29) is 11.7 Å². The first kappa shape index (κ1) is 19.6. The number of fused-ring (bicyclic) bond motifs is 1. The van der Waals surface area contributed by atoms with E-state index in [1.807, 2.05) is 17.5 Å². The highest BCUT2D eigenvalue weighted by molar-refractivity contribution is 7.22. The molecular weight excluding hydrogens is 435 g/mol. The number of hydrogen-bond acceptors (Lipinski definition) is 6. The van der Waals surface area contributed by atoms with Gasteiger partial charge in [-0.2, -0.15) is 0 Å². The number of benzene rings is 2. The average molecular weight is 449 g/mol. The second-order valence-corrected chi connectivity index (χ2v) is 8.24. The third-order valence-corrected chi connectivity index (χ3v) is 6.62. The largest absolute Gasteiger partial charge is 0.493 e. The van der Waals surface area contributed by atoms with Crippen molar-refractivity contribution in [2.24, 2.45) is 0 Å². The molecule has 0 bridgehead atoms. The zero-order valence-corrected chi connectivity index (χ0v) is 17.7. The fraction of sp³-hybridized carbons (Fsp3) is 0.100. The number of halogens is 2. The van der Waals surface area contributed by atoms with Gasteiger partial charge in [0.15, 0.2) is 16.6 Å². The number of nitrogens with one attached hydrogen (secondary N) is 1. The van der Waals surface area contributed by atoms with Gasteiger partial charge >= 0.3 is 0 Å². The van der Waals surface area contributed by atoms with Crippen LogP contribution in [0.5, 0.6) is 11.5 Å². The Morgan fingerprint density at radius 3 is 2.69 bits per heavy atom. The van der Waals surface area contributed by atoms with Gasteiger partial charge < -0.3 is 9.47 Å². The van der Waals surface area contributed by atoms with Crippen LogP contribution in [0.1, 0.15) is 9.67 Å². The van der Waals surface area contributed by atoms with Crippen LogP contribution in [-0.2, 0) is 0 Å². The molecule has 0 radical (unpaired) electrons. The van der Waals surface area contributed by atoms with Gasteiger partial charge in [0.1, 0.15) is 10.7 Å². The van der Waals surface area contributed by atoms with E-state index in [0.717, 1.165) is 16.9 Å². The lowest BCUT2D eigenvalue weighted by molar-refractivity contribution is 0.103. The molecule has 0 aliphatic rings. The summed E-state index contributed by atoms with van der Waals surface area (Å²) in [5.41, 5.74) is 1.52. The molecule has 29 heavy (non-hydrogen) atoms. The molecule has 2 aromatic heterocycles. The van der Waals surface area contributed by atoms with Crippen LogP contribution < -0.4 is 14.8 Å². The summed E-state index contributed by atoms with van der Waals surface area (Å²) >= 11 is 8.75. The second-order valence-electron chi connectivity index (χ2n) is 5.95. The third-order valence-electron chi connectivity index (χ3n) is 4.20. The van der Waals surface area contributed by atoms with Gasteiger partial charge in [0, 0.05) is 21.0 Å². The van der Waals surface area contributed by atoms with E-state index in [0.29, 0.717) is 42.3 Å². The zero-order valence-electron chi connectivity index (χ0n) is 15.3. The second kappa shape index (κ2) is 7.98. The molecule has 0 spiro atoms. The summed E-state index contributed by atoms with van der Waals surface area (Å²) in [6.07, 6.45) is 0. The summed E-state index contributed by atoms with van der Waals surface area (Å²) in [5, 5.41) is 5.97. The number of carbonyl (C=O) groups is 1. The lowest BCUT2D eigenvalue weighted by atomic mass is 10.1. The SMILES string of the molecule is COc1ccc(-c2csc(NC(=O)c3sc4cc(F)ccc4c3Cl)n2)cc1OC. The number of anilines is 1. The van der Waals surface area contributed by atoms with Crippen molar-refractivity contribution in [3.63, 3.8) is 0 Å². The molecule has 4 aromatic rings. The van der Waals surface area contributed by atoms with Crippen molar-refractivity contribution in [1.29, 1.82) is 0 Å². The lowest BCUT2D eigenvalue weighted by Gasteiger charge is -2.08. The number of nitrogens with zero attached hydrogens (tertiary/aromatic N) is 1. The predicted octanol–water partition coefficient (Wildman–Crippen LogP) is 6.09. The molecule has 2 aromatic carbocycles. The van der Waals surface area contributed by atoms with Crippen molar-refractivity contribution >= 4 is 55.4 Å². The van der Waals surface area contributed by atoms with Crippen LogP contribution in [0.2, 0.25) is 5.02 Å². The van der Waals surface area contributed by atoms with Gasteiger partial charge in [-0.1, -0.05) is 11.6 Å². The number of aromatic nitrogens is 1. The molecule has 0 unspecified atom stereocenters. The van der Waals surface area contributed by atoms with Crippen LogP contribution in [0.3, 0.4) is 0 Å². The molecule has 1 amide bonds. The Bertz CT molecular complexity index is 1220. The van der Waals surface area contributed by atoms with E-state index in [1.54, 1.807) is 26.4 Å². The summed E-state index contributed by atoms with van der Waals surface area (Å²) in [5.74, 6) is 0.454. The standard InChI is InChI=1S/C20H14ClFN2O3S2/c1-26-14-6-3-10(7-15(14)27-2)13-9-28-20(23-13)24-19(25)18-17(21)12-5-4-11(22)8-16(12)29-18/h3-9H,1-2H3,(H,23,24,25). The minimum Gasteiger partial charge on any atom is -0.493 e. The molecule has 0 saturated heterocycles. The van der Waals surface area contributed by atoms with Crippen LogP contribution >= 0.6 is 34.3 Å². The fourth-order valence-electron chi connectivity index (χ4n) is 2.80. The van der Waals surface area contributed by atoms with E-state index in [2.05, 4.69) is 10.3 Å². The maximum absolute atomic E-state index is 13.4. The van der Waals surface area contributed by atoms with Gasteiger partial charge in [0.25, 0.3) is 5.91 Å². The molecule has 5 nitrogen and oxygen atoms in total. The van der Waals surface area contributed by atoms with Crippen LogP contribution in [0.15, 0.2) is 41.8 Å². The normalized spacial score (nSPS) is 10.9. The highest BCUT2D eigenvalue weighted by Gasteiger charge is 2.19. The molecule has 9 heteroatoms. The Labute approximate surface area is 178 Å². The minimum absolute atomic E-state index is 0.305. The fourth-order valence-corrected chi connectivity index (χ4v) is 4.95. The van der Waals surface area contributed by atoms with Gasteiger partial charge in [0.2, 0.25) is 0 Å². The van der Waals surface area contributed by atoms with E-state index in [9.17, 15) is 9.18 Å². The number of amides is 1. The highest BCUT2D eigenvalue weighted by atomic mass is 35.5. The summed E-state index contributed by atoms with van der Waals surface area (Å²) in [4.78, 5) is 17.5. The first-order chi connectivity index (χ1) is 14.0. The minimum atomic E-state index is -0.384. The molecule has 4 rings (SSSR count). The predicted molar refractivity (Wildman–Crippen MR) is 115 cm³/mol. The van der Waals surface area contributed by atoms with Crippen molar-refractivity contribution in [3.05, 3.63) is 57.5 Å². The van der Waals surface area contributed by atoms with Gasteiger partial charge in [-0.15, -0.1) is 22.7 Å². The maximum atomic E-state index is 13.4. The molecule has 0 atom stereocenters. The Kier molecular flexibility index (Phi) is 5.40. The van der Waals surface area contributed by atoms with E-state index < -0.39 is 0 Å². The number of carbonyl (C=O) groups excluding carboxylic acids is 1. The van der Waals surface area contributed by atoms with Crippen LogP contribution in [0, 0.1) is 5.82 Å². The van der Waals surface area contributed by atoms with E-state index in [1.165, 1.54) is 23.5 Å². The van der Waals surface area contributed by atoms with Gasteiger partial charge in [-0.25, -0.2) is 9.37 Å². The number of rotatable bonds is 5. The van der Waals surface area contributed by atoms with Crippen molar-refractivity contribution < 1.29 is 18.7 Å². The molecule has 0 fully saturated rings. The quantitative estimate of drug-likeness (QED) is 0.401. The summed E-state index contributed by atoms with van der Waals surface area (Å²) in [7, 11) is 3.14.